The molecule has 2 aromatic carbocycles. The molecule has 3 N–H and O–H groups in total. The van der Waals surface area contributed by atoms with Crippen LogP contribution in [-0.4, -0.2) is 68.2 Å². The number of nitrogens with one attached hydrogen (secondary N) is 1. The van der Waals surface area contributed by atoms with Crippen LogP contribution >= 0.6 is 12.4 Å². The van der Waals surface area contributed by atoms with Crippen molar-refractivity contribution in [2.45, 2.75) is 12.5 Å². The van der Waals surface area contributed by atoms with Crippen LogP contribution in [0.4, 0.5) is 16.2 Å². The molecule has 1 amide bonds. The smallest absolute Gasteiger partial charge is 0.228 e. The zero-order valence-electron chi connectivity index (χ0n) is 20.8. The van der Waals surface area contributed by atoms with E-state index < -0.39 is 5.82 Å². The van der Waals surface area contributed by atoms with Gasteiger partial charge in [-0.25, -0.2) is 9.37 Å². The monoisotopic (exact) mass is 529 g/mol. The number of carbonyl (C=O) groups is 1. The average Bonchev–Trinajstić information content (AvgIpc) is 2.91. The highest BCUT2D eigenvalue weighted by Crippen LogP contribution is 2.37. The quantitative estimate of drug-likeness (QED) is 0.474. The van der Waals surface area contributed by atoms with Crippen molar-refractivity contribution in [3.05, 3.63) is 47.3 Å². The molecule has 0 bridgehead atoms. The van der Waals surface area contributed by atoms with E-state index >= 15 is 4.39 Å². The number of nitriles is 1. The molecular weight excluding hydrogens is 501 g/mol. The highest BCUT2D eigenvalue weighted by atomic mass is 35.5. The Morgan fingerprint density at radius 2 is 1.86 bits per heavy atom. The van der Waals surface area contributed by atoms with Gasteiger partial charge in [-0.05, 0) is 30.8 Å². The lowest BCUT2D eigenvalue weighted by Gasteiger charge is -2.35. The van der Waals surface area contributed by atoms with E-state index in [4.69, 9.17) is 20.5 Å². The van der Waals surface area contributed by atoms with Crippen molar-refractivity contribution in [3.8, 4) is 17.6 Å². The number of amides is 1. The molecule has 1 aliphatic heterocycles. The maximum atomic E-state index is 15.1. The maximum absolute atomic E-state index is 15.1. The van der Waals surface area contributed by atoms with Crippen LogP contribution in [0.5, 0.6) is 11.5 Å². The third-order valence-electron chi connectivity index (χ3n) is 6.38. The summed E-state index contributed by atoms with van der Waals surface area (Å²) < 4.78 is 25.4. The summed E-state index contributed by atoms with van der Waals surface area (Å²) in [7, 11) is 4.58. The first kappa shape index (κ1) is 27.7. The van der Waals surface area contributed by atoms with E-state index in [1.54, 1.807) is 30.1 Å². The lowest BCUT2D eigenvalue weighted by molar-refractivity contribution is -0.132. The van der Waals surface area contributed by atoms with Crippen LogP contribution in [0.2, 0.25) is 0 Å². The first-order chi connectivity index (χ1) is 17.4. The van der Waals surface area contributed by atoms with Gasteiger partial charge in [0, 0.05) is 44.0 Å². The van der Waals surface area contributed by atoms with Gasteiger partial charge in [-0.2, -0.15) is 10.2 Å². The van der Waals surface area contributed by atoms with Crippen molar-refractivity contribution in [2.24, 2.45) is 0 Å². The molecule has 10 nitrogen and oxygen atoms in total. The maximum Gasteiger partial charge on any atom is 0.228 e. The molecule has 196 valence electrons. The SMILES string of the molecule is CNC(CC(=O)N1CCN(c2nc(N)c3cc(OC)c(OC)c(F)c3n2)CC1)c1ccc(C#N)cc1.Cl. The molecule has 0 radical (unpaired) electrons. The Bertz CT molecular complexity index is 1310. The number of benzene rings is 2. The highest BCUT2D eigenvalue weighted by Gasteiger charge is 2.26. The Balaban J connectivity index is 0.00000380. The van der Waals surface area contributed by atoms with Gasteiger partial charge >= 0.3 is 0 Å². The molecule has 1 saturated heterocycles. The zero-order chi connectivity index (χ0) is 25.8. The van der Waals surface area contributed by atoms with E-state index in [0.717, 1.165) is 5.56 Å². The number of fused-ring (bicyclic) bond motifs is 1. The number of nitrogens with zero attached hydrogens (tertiary/aromatic N) is 5. The molecule has 12 heteroatoms. The summed E-state index contributed by atoms with van der Waals surface area (Å²) in [5, 5.41) is 12.5. The normalized spacial score (nSPS) is 14.0. The second-order valence-corrected chi connectivity index (χ2v) is 8.38. The minimum atomic E-state index is -0.670. The van der Waals surface area contributed by atoms with Gasteiger partial charge < -0.3 is 30.3 Å². The molecule has 3 aromatic rings. The lowest BCUT2D eigenvalue weighted by atomic mass is 10.0. The van der Waals surface area contributed by atoms with E-state index in [1.807, 2.05) is 17.0 Å². The third-order valence-corrected chi connectivity index (χ3v) is 6.38. The topological polar surface area (TPSA) is 130 Å². The van der Waals surface area contributed by atoms with Crippen LogP contribution in [0, 0.1) is 17.1 Å². The third kappa shape index (κ3) is 5.60. The average molecular weight is 530 g/mol. The van der Waals surface area contributed by atoms with Gasteiger partial charge in [-0.3, -0.25) is 4.79 Å². The van der Waals surface area contributed by atoms with Crippen molar-refractivity contribution in [1.82, 2.24) is 20.2 Å². The molecular formula is C25H29ClFN7O3. The van der Waals surface area contributed by atoms with E-state index in [9.17, 15) is 4.79 Å². The molecule has 2 heterocycles. The van der Waals surface area contributed by atoms with Crippen LogP contribution in [0.25, 0.3) is 10.9 Å². The number of ether oxygens (including phenoxy) is 2. The fourth-order valence-corrected chi connectivity index (χ4v) is 4.32. The summed E-state index contributed by atoms with van der Waals surface area (Å²) in [5.41, 5.74) is 7.70. The number of hydrogen-bond acceptors (Lipinski definition) is 9. The molecule has 4 rings (SSSR count). The fraction of sp³-hybridized carbons (Fsp3) is 0.360. The van der Waals surface area contributed by atoms with E-state index in [-0.39, 0.29) is 53.6 Å². The van der Waals surface area contributed by atoms with E-state index in [2.05, 4.69) is 21.4 Å². The Kier molecular flexibility index (Phi) is 8.91. The summed E-state index contributed by atoms with van der Waals surface area (Å²) in [6.07, 6.45) is 0.286. The van der Waals surface area contributed by atoms with Crippen LogP contribution in [0.3, 0.4) is 0 Å². The van der Waals surface area contributed by atoms with Gasteiger partial charge in [0.2, 0.25) is 11.9 Å². The number of nitrogen functional groups attached to an aromatic ring is 1. The Hall–Kier alpha value is -3.88. The van der Waals surface area contributed by atoms with E-state index in [1.165, 1.54) is 14.2 Å². The number of carbonyl (C=O) groups excluding carboxylic acids is 1. The van der Waals surface area contributed by atoms with Crippen LogP contribution in [0.15, 0.2) is 30.3 Å². The summed E-state index contributed by atoms with van der Waals surface area (Å²) >= 11 is 0. The zero-order valence-corrected chi connectivity index (χ0v) is 21.6. The van der Waals surface area contributed by atoms with E-state index in [0.29, 0.717) is 43.1 Å². The molecule has 0 saturated carbocycles. The van der Waals surface area contributed by atoms with Crippen molar-refractivity contribution in [2.75, 3.05) is 58.1 Å². The molecule has 37 heavy (non-hydrogen) atoms. The fourth-order valence-electron chi connectivity index (χ4n) is 4.32. The molecule has 1 aromatic heterocycles. The van der Waals surface area contributed by atoms with Crippen LogP contribution < -0.4 is 25.4 Å². The largest absolute Gasteiger partial charge is 0.493 e. The van der Waals surface area contributed by atoms with Crippen molar-refractivity contribution < 1.29 is 18.7 Å². The lowest BCUT2D eigenvalue weighted by Crippen LogP contribution is -2.49. The Morgan fingerprint density at radius 3 is 2.43 bits per heavy atom. The first-order valence-corrected chi connectivity index (χ1v) is 11.5. The van der Waals surface area contributed by atoms with Crippen molar-refractivity contribution >= 4 is 41.0 Å². The predicted molar refractivity (Wildman–Crippen MR) is 141 cm³/mol. The summed E-state index contributed by atoms with van der Waals surface area (Å²) in [6, 6.07) is 10.7. The van der Waals surface area contributed by atoms with Gasteiger partial charge in [0.15, 0.2) is 17.3 Å². The number of aromatic nitrogens is 2. The number of halogens is 2. The van der Waals surface area contributed by atoms with Gasteiger partial charge in [-0.15, -0.1) is 12.4 Å². The summed E-state index contributed by atoms with van der Waals surface area (Å²) in [6.45, 7) is 1.90. The molecule has 1 aliphatic rings. The second kappa shape index (κ2) is 11.9. The number of rotatable bonds is 7. The number of nitrogens with two attached hydrogens (primary N) is 1. The second-order valence-electron chi connectivity index (χ2n) is 8.38. The van der Waals surface area contributed by atoms with Crippen LogP contribution in [0.1, 0.15) is 23.6 Å². The first-order valence-electron chi connectivity index (χ1n) is 11.5. The molecule has 1 unspecified atom stereocenters. The van der Waals surface area contributed by atoms with Crippen LogP contribution in [-0.2, 0) is 4.79 Å². The van der Waals surface area contributed by atoms with Gasteiger partial charge in [-0.1, -0.05) is 12.1 Å². The Labute approximate surface area is 220 Å². The molecule has 1 fully saturated rings. The minimum absolute atomic E-state index is 0. The number of anilines is 2. The molecule has 1 atom stereocenters. The Morgan fingerprint density at radius 1 is 1.19 bits per heavy atom. The van der Waals surface area contributed by atoms with Gasteiger partial charge in [0.25, 0.3) is 0 Å². The minimum Gasteiger partial charge on any atom is -0.493 e. The summed E-state index contributed by atoms with van der Waals surface area (Å²) in [5.74, 6) is -0.0713. The molecule has 0 aliphatic carbocycles. The standard InChI is InChI=1S/C25H28FN7O3.ClH/c1-29-18(16-6-4-15(14-27)5-7-16)13-20(34)32-8-10-33(11-9-32)25-30-22-17(24(28)31-25)12-19(35-2)23(36-3)21(22)26;/h4-7,12,18,29H,8-11,13H2,1-3H3,(H2,28,30,31);1H. The number of piperazine rings is 1. The highest BCUT2D eigenvalue weighted by molar-refractivity contribution is 5.92. The summed E-state index contributed by atoms with van der Waals surface area (Å²) in [4.78, 5) is 25.5. The van der Waals surface area contributed by atoms with Gasteiger partial charge in [0.05, 0.1) is 25.9 Å². The molecule has 0 spiro atoms. The number of hydrogen-bond donors (Lipinski definition) is 2. The number of methoxy groups -OCH3 is 2. The van der Waals surface area contributed by atoms with Crippen molar-refractivity contribution in [1.29, 1.82) is 5.26 Å². The van der Waals surface area contributed by atoms with Gasteiger partial charge in [0.1, 0.15) is 11.3 Å². The predicted octanol–water partition coefficient (Wildman–Crippen LogP) is 2.66. The van der Waals surface area contributed by atoms with Crippen molar-refractivity contribution in [3.63, 3.8) is 0 Å².